The summed E-state index contributed by atoms with van der Waals surface area (Å²) in [5.74, 6) is -0.161. The van der Waals surface area contributed by atoms with Crippen molar-refractivity contribution < 1.29 is 9.53 Å². The fraction of sp³-hybridized carbons (Fsp3) is 0. The molecule has 1 heterocycles. The van der Waals surface area contributed by atoms with Crippen molar-refractivity contribution in [2.24, 2.45) is 4.99 Å². The molecule has 1 aliphatic rings. The van der Waals surface area contributed by atoms with Gasteiger partial charge >= 0.3 is 5.97 Å². The number of rotatable bonds is 2. The minimum absolute atomic E-state index is 0.287. The standard InChI is InChI=1S/C26H14ClNO2/c27-20-11-8-18(9-12-20)25-28-22(26(29)30-25)14-19-7-6-17-5-4-15-2-1-3-16-10-13-21(19)24(17)23(15)16/h1-14H/b22-14-. The van der Waals surface area contributed by atoms with Crippen molar-refractivity contribution in [2.45, 2.75) is 0 Å². The fourth-order valence-electron chi connectivity index (χ4n) is 4.16. The number of carbonyl (C=O) groups excluding carboxylic acids is 1. The van der Waals surface area contributed by atoms with Gasteiger partial charge in [-0.1, -0.05) is 66.2 Å². The smallest absolute Gasteiger partial charge is 0.363 e. The topological polar surface area (TPSA) is 38.7 Å². The van der Waals surface area contributed by atoms with E-state index in [0.717, 1.165) is 10.9 Å². The molecular formula is C26H14ClNO2. The highest BCUT2D eigenvalue weighted by molar-refractivity contribution is 6.30. The molecule has 0 aliphatic carbocycles. The van der Waals surface area contributed by atoms with Crippen LogP contribution in [0.2, 0.25) is 5.02 Å². The minimum Gasteiger partial charge on any atom is -0.402 e. The van der Waals surface area contributed by atoms with E-state index in [1.165, 1.54) is 26.9 Å². The molecule has 0 amide bonds. The van der Waals surface area contributed by atoms with E-state index in [0.29, 0.717) is 16.5 Å². The lowest BCUT2D eigenvalue weighted by Crippen LogP contribution is -2.05. The fourth-order valence-corrected chi connectivity index (χ4v) is 4.28. The SMILES string of the molecule is O=C1OC(c2ccc(Cl)cc2)=N/C1=C\c1ccc2ccc3cccc4ccc1c2c34. The third-order valence-corrected chi connectivity index (χ3v) is 5.82. The van der Waals surface area contributed by atoms with E-state index < -0.39 is 5.97 Å². The van der Waals surface area contributed by atoms with E-state index in [1.807, 2.05) is 6.07 Å². The second-order valence-corrected chi connectivity index (χ2v) is 7.79. The highest BCUT2D eigenvalue weighted by atomic mass is 35.5. The van der Waals surface area contributed by atoms with Crippen LogP contribution < -0.4 is 0 Å². The maximum Gasteiger partial charge on any atom is 0.363 e. The van der Waals surface area contributed by atoms with Gasteiger partial charge in [0.1, 0.15) is 0 Å². The third kappa shape index (κ3) is 2.60. The van der Waals surface area contributed by atoms with Crippen molar-refractivity contribution in [1.29, 1.82) is 0 Å². The Labute approximate surface area is 177 Å². The van der Waals surface area contributed by atoms with Gasteiger partial charge in [0, 0.05) is 10.6 Å². The first kappa shape index (κ1) is 17.2. The van der Waals surface area contributed by atoms with Crippen LogP contribution in [0.25, 0.3) is 38.4 Å². The summed E-state index contributed by atoms with van der Waals surface area (Å²) in [4.78, 5) is 16.9. The van der Waals surface area contributed by atoms with Gasteiger partial charge in [0.05, 0.1) is 0 Å². The summed E-state index contributed by atoms with van der Waals surface area (Å²) in [6, 6.07) is 26.0. The Morgan fingerprint density at radius 3 is 2.20 bits per heavy atom. The lowest BCUT2D eigenvalue weighted by molar-refractivity contribution is -0.129. The van der Waals surface area contributed by atoms with Crippen LogP contribution in [0.4, 0.5) is 0 Å². The molecule has 4 heteroatoms. The van der Waals surface area contributed by atoms with Crippen molar-refractivity contribution in [3.63, 3.8) is 0 Å². The van der Waals surface area contributed by atoms with E-state index in [1.54, 1.807) is 30.3 Å². The molecule has 5 aromatic rings. The van der Waals surface area contributed by atoms with Gasteiger partial charge in [0.15, 0.2) is 5.70 Å². The Kier molecular flexibility index (Phi) is 3.67. The normalized spacial score (nSPS) is 15.4. The Bertz CT molecular complexity index is 1510. The average molecular weight is 408 g/mol. The summed E-state index contributed by atoms with van der Waals surface area (Å²) in [5, 5.41) is 7.74. The second kappa shape index (κ2) is 6.41. The summed E-state index contributed by atoms with van der Waals surface area (Å²) in [7, 11) is 0. The van der Waals surface area contributed by atoms with Gasteiger partial charge in [-0.2, -0.15) is 0 Å². The Morgan fingerprint density at radius 2 is 1.43 bits per heavy atom. The number of hydrogen-bond donors (Lipinski definition) is 0. The van der Waals surface area contributed by atoms with Crippen molar-refractivity contribution in [3.05, 3.63) is 101 Å². The average Bonchev–Trinajstić information content (AvgIpc) is 3.13. The molecular weight excluding hydrogens is 394 g/mol. The molecule has 0 radical (unpaired) electrons. The molecule has 5 aromatic carbocycles. The molecule has 0 saturated heterocycles. The van der Waals surface area contributed by atoms with Gasteiger partial charge in [-0.05, 0) is 68.2 Å². The van der Waals surface area contributed by atoms with Gasteiger partial charge in [0.25, 0.3) is 0 Å². The number of aliphatic imine (C=N–C) groups is 1. The zero-order valence-electron chi connectivity index (χ0n) is 15.7. The summed E-state index contributed by atoms with van der Waals surface area (Å²) in [5.41, 5.74) is 1.94. The summed E-state index contributed by atoms with van der Waals surface area (Å²) in [6.45, 7) is 0. The molecule has 1 aliphatic heterocycles. The van der Waals surface area contributed by atoms with Gasteiger partial charge in [-0.15, -0.1) is 0 Å². The van der Waals surface area contributed by atoms with Crippen LogP contribution in [0, 0.1) is 0 Å². The molecule has 0 aromatic heterocycles. The molecule has 0 saturated carbocycles. The molecule has 0 atom stereocenters. The summed E-state index contributed by atoms with van der Waals surface area (Å²) >= 11 is 5.94. The summed E-state index contributed by atoms with van der Waals surface area (Å²) < 4.78 is 5.40. The van der Waals surface area contributed by atoms with Crippen molar-refractivity contribution >= 4 is 61.9 Å². The molecule has 0 fully saturated rings. The Balaban J connectivity index is 1.53. The van der Waals surface area contributed by atoms with Crippen LogP contribution in [0.3, 0.4) is 0 Å². The van der Waals surface area contributed by atoms with Crippen LogP contribution in [0.15, 0.2) is 89.6 Å². The Hall–Kier alpha value is -3.69. The number of cyclic esters (lactones) is 1. The van der Waals surface area contributed by atoms with Crippen LogP contribution >= 0.6 is 11.6 Å². The molecule has 0 bridgehead atoms. The number of ether oxygens (including phenoxy) is 1. The number of nitrogens with zero attached hydrogens (tertiary/aromatic N) is 1. The van der Waals surface area contributed by atoms with Crippen molar-refractivity contribution in [1.82, 2.24) is 0 Å². The molecule has 30 heavy (non-hydrogen) atoms. The van der Waals surface area contributed by atoms with E-state index >= 15 is 0 Å². The van der Waals surface area contributed by atoms with E-state index in [9.17, 15) is 4.79 Å². The predicted molar refractivity (Wildman–Crippen MR) is 122 cm³/mol. The van der Waals surface area contributed by atoms with Crippen LogP contribution in [0.1, 0.15) is 11.1 Å². The highest BCUT2D eigenvalue weighted by Gasteiger charge is 2.24. The van der Waals surface area contributed by atoms with Gasteiger partial charge < -0.3 is 4.74 Å². The number of esters is 1. The molecule has 0 unspecified atom stereocenters. The number of hydrogen-bond acceptors (Lipinski definition) is 3. The van der Waals surface area contributed by atoms with Crippen LogP contribution in [-0.4, -0.2) is 11.9 Å². The number of halogens is 1. The van der Waals surface area contributed by atoms with Crippen molar-refractivity contribution in [2.75, 3.05) is 0 Å². The largest absolute Gasteiger partial charge is 0.402 e. The first-order valence-electron chi connectivity index (χ1n) is 9.62. The molecule has 142 valence electrons. The van der Waals surface area contributed by atoms with Crippen molar-refractivity contribution in [3.8, 4) is 0 Å². The summed E-state index contributed by atoms with van der Waals surface area (Å²) in [6.07, 6.45) is 1.80. The van der Waals surface area contributed by atoms with Crippen LogP contribution in [0.5, 0.6) is 0 Å². The van der Waals surface area contributed by atoms with Gasteiger partial charge in [0.2, 0.25) is 5.90 Å². The Morgan fingerprint density at radius 1 is 0.767 bits per heavy atom. The molecule has 3 nitrogen and oxygen atoms in total. The maximum atomic E-state index is 12.5. The highest BCUT2D eigenvalue weighted by Crippen LogP contribution is 2.36. The molecule has 0 spiro atoms. The predicted octanol–water partition coefficient (Wildman–Crippen LogP) is 6.58. The zero-order valence-corrected chi connectivity index (χ0v) is 16.5. The molecule has 0 N–H and O–H groups in total. The van der Waals surface area contributed by atoms with E-state index in [2.05, 4.69) is 53.5 Å². The number of benzene rings is 5. The first-order valence-corrected chi connectivity index (χ1v) is 10.0. The van der Waals surface area contributed by atoms with Gasteiger partial charge in [-0.25, -0.2) is 9.79 Å². The zero-order chi connectivity index (χ0) is 20.2. The lowest BCUT2D eigenvalue weighted by atomic mass is 9.92. The quantitative estimate of drug-likeness (QED) is 0.188. The second-order valence-electron chi connectivity index (χ2n) is 7.35. The van der Waals surface area contributed by atoms with E-state index in [4.69, 9.17) is 16.3 Å². The lowest BCUT2D eigenvalue weighted by Gasteiger charge is -2.12. The monoisotopic (exact) mass is 407 g/mol. The first-order chi connectivity index (χ1) is 14.7. The van der Waals surface area contributed by atoms with E-state index in [-0.39, 0.29) is 5.70 Å². The molecule has 6 rings (SSSR count). The van der Waals surface area contributed by atoms with Crippen LogP contribution in [-0.2, 0) is 9.53 Å². The third-order valence-electron chi connectivity index (χ3n) is 5.57. The number of carbonyl (C=O) groups is 1. The van der Waals surface area contributed by atoms with Gasteiger partial charge in [-0.3, -0.25) is 0 Å². The maximum absolute atomic E-state index is 12.5. The minimum atomic E-state index is -0.453.